The molecule has 22 heteroatoms. The third-order valence-corrected chi connectivity index (χ3v) is 15.7. The Kier molecular flexibility index (Phi) is 16.4. The molecule has 0 radical (unpaired) electrons. The fourth-order valence-corrected chi connectivity index (χ4v) is 11.9. The van der Waals surface area contributed by atoms with Crippen molar-refractivity contribution in [1.29, 1.82) is 0 Å². The molecule has 10 aromatic rings. The number of rotatable bonds is 10. The minimum Gasteiger partial charge on any atom is -0.373 e. The summed E-state index contributed by atoms with van der Waals surface area (Å²) in [5, 5.41) is 13.0. The first kappa shape index (κ1) is 57.3. The molecule has 5 aromatic heterocycles. The van der Waals surface area contributed by atoms with Crippen molar-refractivity contribution in [2.45, 2.75) is 79.1 Å². The van der Waals surface area contributed by atoms with Crippen molar-refractivity contribution >= 4 is 75.1 Å². The Morgan fingerprint density at radius 3 is 1.25 bits per heavy atom. The largest absolute Gasteiger partial charge is 0.373 e. The number of aryl methyl sites for hydroxylation is 4. The lowest BCUT2D eigenvalue weighted by molar-refractivity contribution is 0.627. The number of nitrogens with zero attached hydrogens (tertiary/aromatic N) is 15. The molecule has 16 nitrogen and oxygen atoms in total. The van der Waals surface area contributed by atoms with E-state index in [1.54, 1.807) is 58.4 Å². The van der Waals surface area contributed by atoms with E-state index < -0.39 is 0 Å². The van der Waals surface area contributed by atoms with E-state index >= 15 is 0 Å². The third-order valence-electron chi connectivity index (χ3n) is 15.0. The van der Waals surface area contributed by atoms with Crippen molar-refractivity contribution in [2.75, 3.05) is 46.7 Å². The summed E-state index contributed by atoms with van der Waals surface area (Å²) in [4.78, 5) is 42.1. The van der Waals surface area contributed by atoms with Crippen LogP contribution >= 0.6 is 34.8 Å². The maximum absolute atomic E-state index is 13.5. The molecule has 0 amide bonds. The van der Waals surface area contributed by atoms with Crippen LogP contribution in [0.2, 0.25) is 15.6 Å². The van der Waals surface area contributed by atoms with Gasteiger partial charge < -0.3 is 20.0 Å². The molecular weight excluding hydrogens is 1130 g/mol. The van der Waals surface area contributed by atoms with Crippen molar-refractivity contribution in [1.82, 2.24) is 59.4 Å². The molecule has 0 bridgehead atoms. The molecule has 3 unspecified atom stereocenters. The SMILES string of the molecule is CC1CN(c2ccc(F)cc2)c2nc(Cl)nc(Cl)c21.CNc1nc(Cc2ccc(-n3cnc(C)n3)c(C)c2)nc2c1C(C)CN2c1ccc(F)cc1.Cc1ncn(-c2ccc(Cc3nc(Cl)c4c(n3)N(c3ccc(F)cc3)CC4C)cc2C)n1. The van der Waals surface area contributed by atoms with Gasteiger partial charge in [0.15, 0.2) is 0 Å². The van der Waals surface area contributed by atoms with E-state index in [2.05, 4.69) is 95.3 Å². The summed E-state index contributed by atoms with van der Waals surface area (Å²) in [5.41, 5.74) is 12.0. The molecule has 3 atom stereocenters. The lowest BCUT2D eigenvalue weighted by Crippen LogP contribution is -2.16. The highest BCUT2D eigenvalue weighted by Gasteiger charge is 2.35. The average Bonchev–Trinajstić information content (AvgIpc) is 4.42. The van der Waals surface area contributed by atoms with E-state index in [9.17, 15) is 13.2 Å². The molecule has 8 heterocycles. The Hall–Kier alpha value is -8.52. The van der Waals surface area contributed by atoms with Crippen LogP contribution in [0.25, 0.3) is 11.4 Å². The number of anilines is 7. The van der Waals surface area contributed by atoms with Crippen LogP contribution in [0.4, 0.5) is 53.5 Å². The van der Waals surface area contributed by atoms with Gasteiger partial charge in [-0.05, 0) is 146 Å². The van der Waals surface area contributed by atoms with Gasteiger partial charge in [0.25, 0.3) is 0 Å². The summed E-state index contributed by atoms with van der Waals surface area (Å²) >= 11 is 18.6. The van der Waals surface area contributed by atoms with Crippen LogP contribution in [0.1, 0.15) is 101 Å². The number of fused-ring (bicyclic) bond motifs is 3. The standard InChI is InChI=1S/C25H26FN7.C24H22ClFN6.C13H10Cl2FN3/c1-15-11-18(5-10-21(15)33-14-28-17(3)31-33)12-22-29-24(27-4)23-16(2)13-32(25(23)30-22)20-8-6-19(26)7-9-20;1-14-10-17(4-9-20(14)32-13-27-16(3)30-32)11-21-28-23(25)22-15(2)12-31(24(22)29-21)19-7-5-18(26)6-8-19;1-7-6-19(9-4-2-8(16)3-5-9)12-10(7)11(14)17-13(15)18-12/h5-11,14,16H,12-13H2,1-4H3,(H,27,29,30);4-10,13,15H,11-12H2,1-3H3;2-5,7H,6H2,1H3. The summed E-state index contributed by atoms with van der Waals surface area (Å²) < 4.78 is 43.4. The van der Waals surface area contributed by atoms with Crippen LogP contribution in [0.15, 0.2) is 122 Å². The molecule has 0 aliphatic carbocycles. The highest BCUT2D eigenvalue weighted by molar-refractivity contribution is 6.33. The van der Waals surface area contributed by atoms with Gasteiger partial charge in [-0.1, -0.05) is 68.2 Å². The molecule has 3 aliphatic rings. The van der Waals surface area contributed by atoms with Crippen molar-refractivity contribution in [3.05, 3.63) is 217 Å². The Labute approximate surface area is 499 Å². The monoisotopic (exact) mass is 1190 g/mol. The lowest BCUT2D eigenvalue weighted by atomic mass is 10.0. The first-order valence-electron chi connectivity index (χ1n) is 27.3. The van der Waals surface area contributed by atoms with Gasteiger partial charge in [-0.3, -0.25) is 0 Å². The summed E-state index contributed by atoms with van der Waals surface area (Å²) in [6.45, 7) is 16.4. The zero-order valence-corrected chi connectivity index (χ0v) is 49.6. The zero-order chi connectivity index (χ0) is 59.1. The third kappa shape index (κ3) is 12.0. The minimum atomic E-state index is -0.269. The molecule has 0 fully saturated rings. The summed E-state index contributed by atoms with van der Waals surface area (Å²) in [5.74, 6) is 5.95. The first-order valence-corrected chi connectivity index (χ1v) is 28.4. The molecule has 1 N–H and O–H groups in total. The maximum Gasteiger partial charge on any atom is 0.225 e. The van der Waals surface area contributed by atoms with Crippen LogP contribution in [0.5, 0.6) is 0 Å². The topological polar surface area (TPSA) is 161 Å². The number of nitrogens with one attached hydrogen (secondary N) is 1. The Balaban J connectivity index is 0.000000136. The van der Waals surface area contributed by atoms with Crippen molar-refractivity contribution in [3.63, 3.8) is 0 Å². The predicted octanol–water partition coefficient (Wildman–Crippen LogP) is 14.2. The maximum atomic E-state index is 13.5. The van der Waals surface area contributed by atoms with Crippen molar-refractivity contribution < 1.29 is 13.2 Å². The Bertz CT molecular complexity index is 4050. The van der Waals surface area contributed by atoms with Gasteiger partial charge in [-0.15, -0.1) is 0 Å². The normalized spacial score (nSPS) is 15.7. The first-order chi connectivity index (χ1) is 40.4. The van der Waals surface area contributed by atoms with Crippen LogP contribution in [0, 0.1) is 45.1 Å². The van der Waals surface area contributed by atoms with E-state index in [4.69, 9.17) is 49.8 Å². The van der Waals surface area contributed by atoms with Crippen LogP contribution in [-0.2, 0) is 12.8 Å². The number of hydrogen-bond acceptors (Lipinski definition) is 14. The summed E-state index contributed by atoms with van der Waals surface area (Å²) in [6, 6.07) is 31.7. The van der Waals surface area contributed by atoms with Crippen molar-refractivity contribution in [3.8, 4) is 11.4 Å². The second-order valence-electron chi connectivity index (χ2n) is 21.2. The van der Waals surface area contributed by atoms with Gasteiger partial charge >= 0.3 is 0 Å². The van der Waals surface area contributed by atoms with Crippen LogP contribution < -0.4 is 20.0 Å². The molecule has 13 rings (SSSR count). The molecule has 0 spiro atoms. The van der Waals surface area contributed by atoms with E-state index in [0.717, 1.165) is 122 Å². The molecule has 428 valence electrons. The van der Waals surface area contributed by atoms with Gasteiger partial charge in [-0.2, -0.15) is 15.2 Å². The van der Waals surface area contributed by atoms with Crippen LogP contribution in [-0.4, -0.2) is 86.1 Å². The van der Waals surface area contributed by atoms with Gasteiger partial charge in [0.1, 0.15) is 87.0 Å². The van der Waals surface area contributed by atoms with E-state index in [1.807, 2.05) is 51.8 Å². The van der Waals surface area contributed by atoms with Crippen molar-refractivity contribution in [2.24, 2.45) is 0 Å². The second kappa shape index (κ2) is 24.0. The number of benzene rings is 5. The van der Waals surface area contributed by atoms with Gasteiger partial charge in [0, 0.05) is 91.0 Å². The van der Waals surface area contributed by atoms with Crippen LogP contribution in [0.3, 0.4) is 0 Å². The predicted molar refractivity (Wildman–Crippen MR) is 323 cm³/mol. The Morgan fingerprint density at radius 2 is 0.857 bits per heavy atom. The van der Waals surface area contributed by atoms with E-state index in [0.29, 0.717) is 34.8 Å². The molecule has 84 heavy (non-hydrogen) atoms. The Morgan fingerprint density at radius 1 is 0.476 bits per heavy atom. The molecular formula is C62H58Cl3F3N16. The summed E-state index contributed by atoms with van der Waals surface area (Å²) in [7, 11) is 1.89. The smallest absolute Gasteiger partial charge is 0.225 e. The fourth-order valence-electron chi connectivity index (χ4n) is 11.0. The lowest BCUT2D eigenvalue weighted by Gasteiger charge is -2.19. The highest BCUT2D eigenvalue weighted by atomic mass is 35.5. The fraction of sp³-hybridized carbons (Fsp3) is 0.258. The molecule has 0 saturated heterocycles. The van der Waals surface area contributed by atoms with E-state index in [1.165, 1.54) is 36.4 Å². The molecule has 3 aliphatic heterocycles. The number of halogens is 6. The molecule has 0 saturated carbocycles. The highest BCUT2D eigenvalue weighted by Crippen LogP contribution is 2.45. The minimum absolute atomic E-state index is 0.116. The number of hydrogen-bond donors (Lipinski definition) is 1. The quantitative estimate of drug-likeness (QED) is 0.102. The van der Waals surface area contributed by atoms with Gasteiger partial charge in [0.05, 0.1) is 11.4 Å². The second-order valence-corrected chi connectivity index (χ2v) is 22.3. The van der Waals surface area contributed by atoms with Gasteiger partial charge in [-0.25, -0.2) is 57.4 Å². The van der Waals surface area contributed by atoms with E-state index in [-0.39, 0.29) is 40.5 Å². The molecule has 5 aromatic carbocycles. The number of aromatic nitrogens is 12. The zero-order valence-electron chi connectivity index (χ0n) is 47.3. The van der Waals surface area contributed by atoms with Gasteiger partial charge in [0.2, 0.25) is 5.28 Å². The average molecular weight is 1190 g/mol. The summed E-state index contributed by atoms with van der Waals surface area (Å²) in [6.07, 6.45) is 4.60.